The van der Waals surface area contributed by atoms with Gasteiger partial charge in [-0.2, -0.15) is 0 Å². The molecule has 2 fully saturated rings. The number of carboxylic acid groups (broad SMARTS) is 1. The highest BCUT2D eigenvalue weighted by atomic mass is 35.5. The number of amides is 1. The molecule has 0 aliphatic heterocycles. The van der Waals surface area contributed by atoms with E-state index >= 15 is 0 Å². The first kappa shape index (κ1) is 25.7. The van der Waals surface area contributed by atoms with Crippen LogP contribution in [0.5, 0.6) is 0 Å². The Morgan fingerprint density at radius 2 is 1.89 bits per heavy atom. The molecule has 4 rings (SSSR count). The highest BCUT2D eigenvalue weighted by molar-refractivity contribution is 6.33. The Bertz CT molecular complexity index is 1050. The molecule has 1 aromatic carbocycles. The number of halogens is 1. The number of benzene rings is 1. The van der Waals surface area contributed by atoms with Crippen LogP contribution in [0.15, 0.2) is 22.7 Å². The molecule has 2 N–H and O–H groups in total. The van der Waals surface area contributed by atoms with E-state index in [0.717, 1.165) is 54.4 Å². The van der Waals surface area contributed by atoms with Gasteiger partial charge in [-0.15, -0.1) is 0 Å². The summed E-state index contributed by atoms with van der Waals surface area (Å²) in [7, 11) is 0. The standard InChI is InChI=1S/C28H37ClN2O4/c1-4-17(5-2)11-18-12-21(13-18)28-26(19-7-8-19)27(31-35-28)20(15-25(33)34)14-24(32)30-23-9-6-16(3)10-22(23)29/h6,9-10,17-21H,4-5,7-8,11-15H2,1-3H3,(H,30,32)(H,33,34)/t18?,20-,21?/m1/s1. The van der Waals surface area contributed by atoms with Crippen LogP contribution in [0.1, 0.15) is 112 Å². The Morgan fingerprint density at radius 1 is 1.17 bits per heavy atom. The molecule has 7 heteroatoms. The fraction of sp³-hybridized carbons (Fsp3) is 0.607. The van der Waals surface area contributed by atoms with Gasteiger partial charge >= 0.3 is 5.97 Å². The molecule has 1 heterocycles. The van der Waals surface area contributed by atoms with Crippen LogP contribution in [0.3, 0.4) is 0 Å². The summed E-state index contributed by atoms with van der Waals surface area (Å²) in [5.74, 6) is 1.43. The van der Waals surface area contributed by atoms with Crippen molar-refractivity contribution < 1.29 is 19.2 Å². The number of nitrogens with one attached hydrogen (secondary N) is 1. The first-order valence-corrected chi connectivity index (χ1v) is 13.4. The molecule has 1 atom stereocenters. The highest BCUT2D eigenvalue weighted by Crippen LogP contribution is 2.53. The number of nitrogens with zero attached hydrogens (tertiary/aromatic N) is 1. The molecule has 0 spiro atoms. The number of aliphatic carboxylic acids is 1. The molecule has 35 heavy (non-hydrogen) atoms. The van der Waals surface area contributed by atoms with Crippen LogP contribution in [0.25, 0.3) is 0 Å². The van der Waals surface area contributed by atoms with Gasteiger partial charge in [-0.1, -0.05) is 49.5 Å². The molecule has 6 nitrogen and oxygen atoms in total. The molecule has 2 saturated carbocycles. The molecule has 1 amide bonds. The maximum absolute atomic E-state index is 12.9. The van der Waals surface area contributed by atoms with Crippen LogP contribution in [-0.4, -0.2) is 22.1 Å². The van der Waals surface area contributed by atoms with E-state index in [2.05, 4.69) is 24.3 Å². The van der Waals surface area contributed by atoms with Gasteiger partial charge in [-0.3, -0.25) is 9.59 Å². The minimum absolute atomic E-state index is 0.0180. The minimum atomic E-state index is -0.948. The van der Waals surface area contributed by atoms with Crippen LogP contribution >= 0.6 is 11.6 Å². The number of hydrogen-bond donors (Lipinski definition) is 2. The lowest BCUT2D eigenvalue weighted by atomic mass is 9.68. The zero-order valence-electron chi connectivity index (χ0n) is 21.0. The Balaban J connectivity index is 1.49. The molecule has 2 aliphatic carbocycles. The zero-order valence-corrected chi connectivity index (χ0v) is 21.7. The molecule has 0 bridgehead atoms. The number of hydrogen-bond acceptors (Lipinski definition) is 4. The lowest BCUT2D eigenvalue weighted by Crippen LogP contribution is -2.24. The lowest BCUT2D eigenvalue weighted by Gasteiger charge is -2.36. The van der Waals surface area contributed by atoms with E-state index < -0.39 is 11.9 Å². The lowest BCUT2D eigenvalue weighted by molar-refractivity contribution is -0.137. The number of carbonyl (C=O) groups excluding carboxylic acids is 1. The topological polar surface area (TPSA) is 92.4 Å². The van der Waals surface area contributed by atoms with Crippen molar-refractivity contribution in [1.82, 2.24) is 5.16 Å². The van der Waals surface area contributed by atoms with Gasteiger partial charge in [0.25, 0.3) is 0 Å². The summed E-state index contributed by atoms with van der Waals surface area (Å²) in [6.07, 6.45) is 7.93. The predicted octanol–water partition coefficient (Wildman–Crippen LogP) is 7.42. The quantitative estimate of drug-likeness (QED) is 0.316. The fourth-order valence-electron chi connectivity index (χ4n) is 5.55. The number of anilines is 1. The summed E-state index contributed by atoms with van der Waals surface area (Å²) in [5, 5.41) is 17.3. The van der Waals surface area contributed by atoms with E-state index in [0.29, 0.717) is 28.2 Å². The van der Waals surface area contributed by atoms with Crippen LogP contribution in [-0.2, 0) is 9.59 Å². The molecule has 2 aromatic rings. The van der Waals surface area contributed by atoms with Crippen LogP contribution < -0.4 is 5.32 Å². The van der Waals surface area contributed by atoms with Gasteiger partial charge in [0.15, 0.2) is 0 Å². The Morgan fingerprint density at radius 3 is 2.49 bits per heavy atom. The number of carbonyl (C=O) groups is 2. The molecule has 190 valence electrons. The monoisotopic (exact) mass is 500 g/mol. The second kappa shape index (κ2) is 11.2. The summed E-state index contributed by atoms with van der Waals surface area (Å²) < 4.78 is 5.91. The highest BCUT2D eigenvalue weighted by Gasteiger charge is 2.42. The summed E-state index contributed by atoms with van der Waals surface area (Å²) in [4.78, 5) is 24.6. The number of rotatable bonds is 12. The minimum Gasteiger partial charge on any atom is -0.481 e. The SMILES string of the molecule is CCC(CC)CC1CC(c2onc([C@@H](CC(=O)O)CC(=O)Nc3ccc(C)cc3Cl)c2C2CC2)C1. The molecule has 0 unspecified atom stereocenters. The number of aryl methyl sites for hydroxylation is 1. The summed E-state index contributed by atoms with van der Waals surface area (Å²) in [5.41, 5.74) is 3.28. The fourth-order valence-corrected chi connectivity index (χ4v) is 5.83. The Hall–Kier alpha value is -2.34. The van der Waals surface area contributed by atoms with Gasteiger partial charge in [0.05, 0.1) is 22.8 Å². The van der Waals surface area contributed by atoms with E-state index in [4.69, 9.17) is 16.1 Å². The van der Waals surface area contributed by atoms with Gasteiger partial charge in [0.1, 0.15) is 5.76 Å². The molecule has 0 radical (unpaired) electrons. The average Bonchev–Trinajstić information content (AvgIpc) is 3.53. The van der Waals surface area contributed by atoms with Gasteiger partial charge in [0.2, 0.25) is 5.91 Å². The van der Waals surface area contributed by atoms with Crippen LogP contribution in [0.2, 0.25) is 5.02 Å². The average molecular weight is 501 g/mol. The van der Waals surface area contributed by atoms with E-state index in [1.54, 1.807) is 12.1 Å². The summed E-state index contributed by atoms with van der Waals surface area (Å²) in [6, 6.07) is 5.43. The van der Waals surface area contributed by atoms with Crippen molar-refractivity contribution in [3.8, 4) is 0 Å². The van der Waals surface area contributed by atoms with Crippen molar-refractivity contribution in [2.24, 2.45) is 11.8 Å². The molecular weight excluding hydrogens is 464 g/mol. The van der Waals surface area contributed by atoms with Crippen LogP contribution in [0.4, 0.5) is 5.69 Å². The van der Waals surface area contributed by atoms with Crippen molar-refractivity contribution in [2.45, 2.75) is 96.3 Å². The van der Waals surface area contributed by atoms with Gasteiger partial charge in [-0.05, 0) is 74.5 Å². The second-order valence-electron chi connectivity index (χ2n) is 10.6. The number of aromatic nitrogens is 1. The van der Waals surface area contributed by atoms with E-state index in [1.807, 2.05) is 13.0 Å². The first-order chi connectivity index (χ1) is 16.8. The van der Waals surface area contributed by atoms with Crippen molar-refractivity contribution >= 4 is 29.2 Å². The van der Waals surface area contributed by atoms with Crippen molar-refractivity contribution in [3.05, 3.63) is 45.8 Å². The molecule has 1 aromatic heterocycles. The predicted molar refractivity (Wildman–Crippen MR) is 137 cm³/mol. The third-order valence-electron chi connectivity index (χ3n) is 7.84. The van der Waals surface area contributed by atoms with Crippen LogP contribution in [0, 0.1) is 18.8 Å². The summed E-state index contributed by atoms with van der Waals surface area (Å²) >= 11 is 6.27. The third kappa shape index (κ3) is 6.27. The zero-order chi connectivity index (χ0) is 25.1. The van der Waals surface area contributed by atoms with Gasteiger partial charge in [0, 0.05) is 23.8 Å². The van der Waals surface area contributed by atoms with Crippen molar-refractivity contribution in [3.63, 3.8) is 0 Å². The van der Waals surface area contributed by atoms with Crippen molar-refractivity contribution in [2.75, 3.05) is 5.32 Å². The largest absolute Gasteiger partial charge is 0.481 e. The molecular formula is C28H37ClN2O4. The third-order valence-corrected chi connectivity index (χ3v) is 8.15. The maximum atomic E-state index is 12.9. The smallest absolute Gasteiger partial charge is 0.304 e. The van der Waals surface area contributed by atoms with Gasteiger partial charge < -0.3 is 14.9 Å². The van der Waals surface area contributed by atoms with E-state index in [1.165, 1.54) is 19.3 Å². The van der Waals surface area contributed by atoms with Crippen molar-refractivity contribution in [1.29, 1.82) is 0 Å². The first-order valence-electron chi connectivity index (χ1n) is 13.1. The molecule has 2 aliphatic rings. The molecule has 0 saturated heterocycles. The Labute approximate surface area is 212 Å². The second-order valence-corrected chi connectivity index (χ2v) is 11.0. The number of carboxylic acids is 1. The van der Waals surface area contributed by atoms with E-state index in [-0.39, 0.29) is 18.7 Å². The summed E-state index contributed by atoms with van der Waals surface area (Å²) in [6.45, 7) is 6.46. The van der Waals surface area contributed by atoms with E-state index in [9.17, 15) is 14.7 Å². The maximum Gasteiger partial charge on any atom is 0.304 e. The Kier molecular flexibility index (Phi) is 8.20. The normalized spacial score (nSPS) is 20.5. The van der Waals surface area contributed by atoms with Gasteiger partial charge in [-0.25, -0.2) is 0 Å².